The summed E-state index contributed by atoms with van der Waals surface area (Å²) in [6, 6.07) is 4.15. The van der Waals surface area contributed by atoms with Gasteiger partial charge in [0, 0.05) is 10.1 Å². The predicted octanol–water partition coefficient (Wildman–Crippen LogP) is 2.32. The Morgan fingerprint density at radius 2 is 2.21 bits per heavy atom. The van der Waals surface area contributed by atoms with E-state index in [1.54, 1.807) is 0 Å². The van der Waals surface area contributed by atoms with Crippen LogP contribution in [0.1, 0.15) is 9.67 Å². The number of aromatic carboxylic acids is 1. The molecule has 3 nitrogen and oxygen atoms in total. The molecule has 0 fully saturated rings. The Labute approximate surface area is 82.6 Å². The van der Waals surface area contributed by atoms with Gasteiger partial charge in [0.25, 0.3) is 0 Å². The van der Waals surface area contributed by atoms with E-state index in [1.165, 1.54) is 18.2 Å². The number of hydrogen-bond donors (Lipinski definition) is 2. The quantitative estimate of drug-likeness (QED) is 0.711. The second-order valence-electron chi connectivity index (χ2n) is 2.79. The van der Waals surface area contributed by atoms with E-state index in [1.807, 2.05) is 0 Å². The Kier molecular flexibility index (Phi) is 1.89. The maximum absolute atomic E-state index is 13.0. The molecule has 3 N–H and O–H groups in total. The van der Waals surface area contributed by atoms with Gasteiger partial charge in [-0.15, -0.1) is 11.3 Å². The van der Waals surface area contributed by atoms with Crippen molar-refractivity contribution in [3.05, 3.63) is 28.9 Å². The molecule has 1 aromatic carbocycles. The molecule has 0 unspecified atom stereocenters. The van der Waals surface area contributed by atoms with Crippen LogP contribution in [0.2, 0.25) is 0 Å². The smallest absolute Gasteiger partial charge is 0.345 e. The first-order chi connectivity index (χ1) is 6.59. The van der Waals surface area contributed by atoms with Gasteiger partial charge < -0.3 is 10.8 Å². The first-order valence-electron chi connectivity index (χ1n) is 3.80. The summed E-state index contributed by atoms with van der Waals surface area (Å²) in [5.41, 5.74) is 5.48. The molecule has 1 aromatic heterocycles. The van der Waals surface area contributed by atoms with Gasteiger partial charge in [-0.2, -0.15) is 0 Å². The van der Waals surface area contributed by atoms with E-state index in [0.29, 0.717) is 10.1 Å². The Morgan fingerprint density at radius 1 is 1.50 bits per heavy atom. The van der Waals surface area contributed by atoms with E-state index in [4.69, 9.17) is 10.8 Å². The molecular formula is C9H6FNO2S. The number of nitrogen functional groups attached to an aromatic ring is 1. The zero-order chi connectivity index (χ0) is 10.3. The Balaban J connectivity index is 2.77. The average molecular weight is 211 g/mol. The number of anilines is 1. The lowest BCUT2D eigenvalue weighted by molar-refractivity contribution is 0.0702. The average Bonchev–Trinajstić information content (AvgIpc) is 2.56. The molecular weight excluding hydrogens is 205 g/mol. The van der Waals surface area contributed by atoms with Crippen molar-refractivity contribution in [3.8, 4) is 0 Å². The van der Waals surface area contributed by atoms with Crippen molar-refractivity contribution < 1.29 is 14.3 Å². The molecule has 0 aliphatic heterocycles. The summed E-state index contributed by atoms with van der Waals surface area (Å²) in [7, 11) is 0. The van der Waals surface area contributed by atoms with Crippen LogP contribution in [-0.2, 0) is 0 Å². The Hall–Kier alpha value is -1.62. The summed E-state index contributed by atoms with van der Waals surface area (Å²) < 4.78 is 13.7. The molecule has 0 saturated carbocycles. The lowest BCUT2D eigenvalue weighted by atomic mass is 10.2. The van der Waals surface area contributed by atoms with Crippen molar-refractivity contribution >= 4 is 33.1 Å². The molecule has 0 spiro atoms. The van der Waals surface area contributed by atoms with Crippen molar-refractivity contribution in [2.75, 3.05) is 5.73 Å². The number of rotatable bonds is 1. The SMILES string of the molecule is Nc1c(F)ccc2sc(C(=O)O)cc12. The Morgan fingerprint density at radius 3 is 2.86 bits per heavy atom. The highest BCUT2D eigenvalue weighted by Crippen LogP contribution is 2.31. The van der Waals surface area contributed by atoms with Gasteiger partial charge in [-0.05, 0) is 18.2 Å². The van der Waals surface area contributed by atoms with Crippen LogP contribution in [0.3, 0.4) is 0 Å². The van der Waals surface area contributed by atoms with E-state index in [0.717, 1.165) is 11.3 Å². The minimum Gasteiger partial charge on any atom is -0.477 e. The van der Waals surface area contributed by atoms with Gasteiger partial charge in [0.2, 0.25) is 0 Å². The largest absolute Gasteiger partial charge is 0.477 e. The minimum absolute atomic E-state index is 0.00579. The summed E-state index contributed by atoms with van der Waals surface area (Å²) in [6.45, 7) is 0. The molecule has 0 radical (unpaired) electrons. The van der Waals surface area contributed by atoms with Gasteiger partial charge in [-0.3, -0.25) is 0 Å². The number of nitrogens with two attached hydrogens (primary N) is 1. The summed E-state index contributed by atoms with van der Waals surface area (Å²) in [5, 5.41) is 9.19. The van der Waals surface area contributed by atoms with E-state index >= 15 is 0 Å². The molecule has 0 aliphatic rings. The molecule has 0 amide bonds. The number of thiophene rings is 1. The van der Waals surface area contributed by atoms with Crippen LogP contribution in [0, 0.1) is 5.82 Å². The van der Waals surface area contributed by atoms with Gasteiger partial charge in [-0.25, -0.2) is 9.18 Å². The maximum atomic E-state index is 13.0. The molecule has 0 bridgehead atoms. The second-order valence-corrected chi connectivity index (χ2v) is 3.87. The maximum Gasteiger partial charge on any atom is 0.345 e. The van der Waals surface area contributed by atoms with E-state index in [9.17, 15) is 9.18 Å². The van der Waals surface area contributed by atoms with Crippen molar-refractivity contribution in [3.63, 3.8) is 0 Å². The molecule has 2 rings (SSSR count). The van der Waals surface area contributed by atoms with E-state index in [2.05, 4.69) is 0 Å². The fourth-order valence-electron chi connectivity index (χ4n) is 1.21. The summed E-state index contributed by atoms with van der Waals surface area (Å²) in [4.78, 5) is 10.8. The highest BCUT2D eigenvalue weighted by Gasteiger charge is 2.11. The second kappa shape index (κ2) is 2.95. The summed E-state index contributed by atoms with van der Waals surface area (Å²) in [6.07, 6.45) is 0. The molecule has 1 heterocycles. The van der Waals surface area contributed by atoms with Gasteiger partial charge >= 0.3 is 5.97 Å². The Bertz CT molecular complexity index is 521. The van der Waals surface area contributed by atoms with Crippen LogP contribution in [0.4, 0.5) is 10.1 Å². The third-order valence-corrected chi connectivity index (χ3v) is 2.99. The molecule has 72 valence electrons. The lowest BCUT2D eigenvalue weighted by Gasteiger charge is -1.96. The van der Waals surface area contributed by atoms with Crippen molar-refractivity contribution in [2.45, 2.75) is 0 Å². The number of carbonyl (C=O) groups is 1. The van der Waals surface area contributed by atoms with Crippen LogP contribution < -0.4 is 5.73 Å². The van der Waals surface area contributed by atoms with Crippen LogP contribution in [-0.4, -0.2) is 11.1 Å². The number of carboxylic acids is 1. The number of benzene rings is 1. The van der Waals surface area contributed by atoms with Gasteiger partial charge in [0.1, 0.15) is 10.7 Å². The number of carboxylic acid groups (broad SMARTS) is 1. The van der Waals surface area contributed by atoms with Gasteiger partial charge in [0.05, 0.1) is 5.69 Å². The lowest BCUT2D eigenvalue weighted by Crippen LogP contribution is -1.91. The number of halogens is 1. The summed E-state index contributed by atoms with van der Waals surface area (Å²) >= 11 is 1.08. The van der Waals surface area contributed by atoms with Crippen LogP contribution in [0.5, 0.6) is 0 Å². The van der Waals surface area contributed by atoms with Crippen molar-refractivity contribution in [1.82, 2.24) is 0 Å². The van der Waals surface area contributed by atoms with Crippen molar-refractivity contribution in [1.29, 1.82) is 0 Å². The third kappa shape index (κ3) is 1.22. The normalized spacial score (nSPS) is 10.6. The van der Waals surface area contributed by atoms with Gasteiger partial charge in [0.15, 0.2) is 0 Å². The molecule has 14 heavy (non-hydrogen) atoms. The molecule has 0 saturated heterocycles. The number of hydrogen-bond acceptors (Lipinski definition) is 3. The zero-order valence-electron chi connectivity index (χ0n) is 6.95. The predicted molar refractivity (Wildman–Crippen MR) is 53.2 cm³/mol. The van der Waals surface area contributed by atoms with Crippen LogP contribution in [0.25, 0.3) is 10.1 Å². The fraction of sp³-hybridized carbons (Fsp3) is 0. The van der Waals surface area contributed by atoms with E-state index in [-0.39, 0.29) is 10.6 Å². The first-order valence-corrected chi connectivity index (χ1v) is 4.62. The standard InChI is InChI=1S/C9H6FNO2S/c10-5-1-2-6-4(8(5)11)3-7(14-6)9(12)13/h1-3H,11H2,(H,12,13). The third-order valence-electron chi connectivity index (χ3n) is 1.90. The highest BCUT2D eigenvalue weighted by atomic mass is 32.1. The minimum atomic E-state index is -1.02. The number of fused-ring (bicyclic) bond motifs is 1. The summed E-state index contributed by atoms with van der Waals surface area (Å²) in [5.74, 6) is -1.54. The van der Waals surface area contributed by atoms with Crippen molar-refractivity contribution in [2.24, 2.45) is 0 Å². The van der Waals surface area contributed by atoms with E-state index < -0.39 is 11.8 Å². The molecule has 2 aromatic rings. The molecule has 0 atom stereocenters. The fourth-order valence-corrected chi connectivity index (χ4v) is 2.13. The van der Waals surface area contributed by atoms with Crippen LogP contribution >= 0.6 is 11.3 Å². The first kappa shape index (κ1) is 8.96. The van der Waals surface area contributed by atoms with Crippen LogP contribution in [0.15, 0.2) is 18.2 Å². The topological polar surface area (TPSA) is 63.3 Å². The van der Waals surface area contributed by atoms with Gasteiger partial charge in [-0.1, -0.05) is 0 Å². The molecule has 5 heteroatoms. The monoisotopic (exact) mass is 211 g/mol. The zero-order valence-corrected chi connectivity index (χ0v) is 7.77. The molecule has 0 aliphatic carbocycles. The highest BCUT2D eigenvalue weighted by molar-refractivity contribution is 7.20.